The van der Waals surface area contributed by atoms with Crippen molar-refractivity contribution in [3.63, 3.8) is 0 Å². The van der Waals surface area contributed by atoms with Crippen LogP contribution in [0.5, 0.6) is 0 Å². The number of nitrogens with zero attached hydrogens (tertiary/aromatic N) is 1. The van der Waals surface area contributed by atoms with E-state index in [9.17, 15) is 9.90 Å². The third-order valence-electron chi connectivity index (χ3n) is 3.31. The lowest BCUT2D eigenvalue weighted by molar-refractivity contribution is 0.100. The van der Waals surface area contributed by atoms with E-state index >= 15 is 0 Å². The molecule has 1 fully saturated rings. The Morgan fingerprint density at radius 3 is 2.79 bits per heavy atom. The first-order valence-corrected chi connectivity index (χ1v) is 6.61. The number of aliphatic hydroxyl groups is 1. The molecule has 2 rings (SSSR count). The van der Waals surface area contributed by atoms with Gasteiger partial charge in [-0.3, -0.25) is 9.63 Å². The maximum absolute atomic E-state index is 11.2. The highest BCUT2D eigenvalue weighted by Gasteiger charge is 2.23. The van der Waals surface area contributed by atoms with Crippen LogP contribution in [-0.2, 0) is 0 Å². The van der Waals surface area contributed by atoms with Gasteiger partial charge in [-0.05, 0) is 25.0 Å². The van der Waals surface area contributed by atoms with Gasteiger partial charge in [-0.2, -0.15) is 0 Å². The third kappa shape index (κ3) is 3.27. The molecule has 1 aromatic heterocycles. The minimum Gasteiger partial charge on any atom is -0.391 e. The van der Waals surface area contributed by atoms with Crippen molar-refractivity contribution in [1.82, 2.24) is 4.98 Å². The van der Waals surface area contributed by atoms with Gasteiger partial charge >= 0.3 is 0 Å². The maximum Gasteiger partial charge on any atom is 0.252 e. The number of pyridine rings is 1. The second kappa shape index (κ2) is 6.08. The summed E-state index contributed by atoms with van der Waals surface area (Å²) in [5, 5.41) is 13.1. The largest absolute Gasteiger partial charge is 0.391 e. The molecule has 0 radical (unpaired) electrons. The number of hydrogen-bond acceptors (Lipinski definition) is 5. The number of primary amides is 1. The molecule has 2 atom stereocenters. The Balaban J connectivity index is 2.14. The Kier molecular flexibility index (Phi) is 4.44. The maximum atomic E-state index is 11.2. The fourth-order valence-electron chi connectivity index (χ4n) is 2.28. The number of aromatic nitrogens is 1. The summed E-state index contributed by atoms with van der Waals surface area (Å²) < 4.78 is 0. The molecule has 0 bridgehead atoms. The number of hydrogen-bond donors (Lipinski definition) is 4. The first-order chi connectivity index (χ1) is 9.11. The van der Waals surface area contributed by atoms with Gasteiger partial charge in [0.25, 0.3) is 5.91 Å². The van der Waals surface area contributed by atoms with Gasteiger partial charge in [-0.15, -0.1) is 0 Å². The molecule has 1 aliphatic rings. The van der Waals surface area contributed by atoms with Gasteiger partial charge in [0.05, 0.1) is 17.7 Å². The van der Waals surface area contributed by atoms with E-state index in [0.29, 0.717) is 5.82 Å². The lowest BCUT2D eigenvalue weighted by atomic mass is 9.92. The fourth-order valence-corrected chi connectivity index (χ4v) is 2.42. The molecular weight excluding hydrogens is 268 g/mol. The van der Waals surface area contributed by atoms with Gasteiger partial charge in [0.1, 0.15) is 5.82 Å². The number of halogens is 1. The first-order valence-electron chi connectivity index (χ1n) is 6.24. The van der Waals surface area contributed by atoms with E-state index in [1.165, 1.54) is 0 Å². The zero-order valence-corrected chi connectivity index (χ0v) is 11.2. The molecule has 1 saturated carbocycles. The van der Waals surface area contributed by atoms with Crippen molar-refractivity contribution < 1.29 is 9.90 Å². The number of amides is 1. The molecule has 0 spiro atoms. The van der Waals surface area contributed by atoms with Crippen LogP contribution in [0.25, 0.3) is 0 Å². The number of nitrogens with one attached hydrogen (secondary N) is 2. The SMILES string of the molecule is NC(=O)c1ccc(N[C@@H]2CCCC[C@@H]2O)nc1NCl. The molecular formula is C12H17ClN4O2. The van der Waals surface area contributed by atoms with Crippen LogP contribution in [-0.4, -0.2) is 28.1 Å². The summed E-state index contributed by atoms with van der Waals surface area (Å²) in [6.07, 6.45) is 3.43. The van der Waals surface area contributed by atoms with E-state index in [1.54, 1.807) is 12.1 Å². The second-order valence-corrected chi connectivity index (χ2v) is 4.84. The normalized spacial score (nSPS) is 22.8. The summed E-state index contributed by atoms with van der Waals surface area (Å²) in [6.45, 7) is 0. The first kappa shape index (κ1) is 13.9. The second-order valence-electron chi connectivity index (χ2n) is 4.65. The molecule has 1 aliphatic carbocycles. The van der Waals surface area contributed by atoms with Gasteiger partial charge in [-0.25, -0.2) is 4.98 Å². The van der Waals surface area contributed by atoms with Crippen LogP contribution in [0.15, 0.2) is 12.1 Å². The van der Waals surface area contributed by atoms with Crippen molar-refractivity contribution in [2.75, 3.05) is 10.2 Å². The minimum absolute atomic E-state index is 0.0242. The average molecular weight is 285 g/mol. The van der Waals surface area contributed by atoms with Crippen molar-refractivity contribution in [3.8, 4) is 0 Å². The lowest BCUT2D eigenvalue weighted by Crippen LogP contribution is -2.36. The van der Waals surface area contributed by atoms with Crippen molar-refractivity contribution in [2.45, 2.75) is 37.8 Å². The van der Waals surface area contributed by atoms with E-state index in [-0.39, 0.29) is 23.5 Å². The van der Waals surface area contributed by atoms with E-state index in [4.69, 9.17) is 17.5 Å². The zero-order chi connectivity index (χ0) is 13.8. The predicted molar refractivity (Wildman–Crippen MR) is 74.1 cm³/mol. The standard InChI is InChI=1S/C12H17ClN4O2/c13-17-12-7(11(14)19)5-6-10(16-12)15-8-3-1-2-4-9(8)18/h5-6,8-9,18H,1-4H2,(H2,14,19)(H2,15,16,17)/t8-,9+/m1/s1. The fraction of sp³-hybridized carbons (Fsp3) is 0.500. The molecule has 0 saturated heterocycles. The van der Waals surface area contributed by atoms with Crippen molar-refractivity contribution in [1.29, 1.82) is 0 Å². The summed E-state index contributed by atoms with van der Waals surface area (Å²) in [5.41, 5.74) is 5.44. The summed E-state index contributed by atoms with van der Waals surface area (Å²) in [4.78, 5) is 17.7. The molecule has 104 valence electrons. The molecule has 0 aliphatic heterocycles. The van der Waals surface area contributed by atoms with E-state index in [0.717, 1.165) is 25.7 Å². The van der Waals surface area contributed by atoms with Crippen LogP contribution in [0.4, 0.5) is 11.6 Å². The summed E-state index contributed by atoms with van der Waals surface area (Å²) in [6, 6.07) is 3.18. The van der Waals surface area contributed by atoms with Gasteiger partial charge in [0.2, 0.25) is 0 Å². The predicted octanol–water partition coefficient (Wildman–Crippen LogP) is 1.46. The quantitative estimate of drug-likeness (QED) is 0.627. The Hall–Kier alpha value is -1.53. The van der Waals surface area contributed by atoms with Crippen molar-refractivity contribution in [3.05, 3.63) is 17.7 Å². The Bertz CT molecular complexity index is 469. The molecule has 1 aromatic rings. The van der Waals surface area contributed by atoms with Crippen LogP contribution in [0.3, 0.4) is 0 Å². The number of anilines is 2. The summed E-state index contributed by atoms with van der Waals surface area (Å²) in [7, 11) is 0. The molecule has 5 N–H and O–H groups in total. The Morgan fingerprint density at radius 2 is 2.16 bits per heavy atom. The van der Waals surface area contributed by atoms with Crippen LogP contribution >= 0.6 is 11.8 Å². The molecule has 0 aromatic carbocycles. The number of carbonyl (C=O) groups is 1. The Labute approximate surface area is 116 Å². The highest BCUT2D eigenvalue weighted by Crippen LogP contribution is 2.23. The van der Waals surface area contributed by atoms with Crippen molar-refractivity contribution >= 4 is 29.3 Å². The molecule has 1 amide bonds. The molecule has 19 heavy (non-hydrogen) atoms. The van der Waals surface area contributed by atoms with Crippen LogP contribution in [0.2, 0.25) is 0 Å². The van der Waals surface area contributed by atoms with E-state index < -0.39 is 5.91 Å². The molecule has 6 nitrogen and oxygen atoms in total. The number of aliphatic hydroxyl groups excluding tert-OH is 1. The van der Waals surface area contributed by atoms with E-state index in [2.05, 4.69) is 15.1 Å². The topological polar surface area (TPSA) is 100 Å². The number of nitrogens with two attached hydrogens (primary N) is 1. The van der Waals surface area contributed by atoms with Gasteiger partial charge in [-0.1, -0.05) is 12.8 Å². The van der Waals surface area contributed by atoms with Crippen LogP contribution < -0.4 is 15.9 Å². The Morgan fingerprint density at radius 1 is 1.42 bits per heavy atom. The monoisotopic (exact) mass is 284 g/mol. The van der Waals surface area contributed by atoms with Gasteiger partial charge < -0.3 is 16.2 Å². The van der Waals surface area contributed by atoms with Crippen LogP contribution in [0.1, 0.15) is 36.0 Å². The highest BCUT2D eigenvalue weighted by molar-refractivity contribution is 6.24. The number of carbonyl (C=O) groups excluding carboxylic acids is 1. The summed E-state index contributed by atoms with van der Waals surface area (Å²) >= 11 is 5.52. The van der Waals surface area contributed by atoms with Gasteiger partial charge in [0, 0.05) is 11.8 Å². The third-order valence-corrected chi connectivity index (χ3v) is 3.49. The average Bonchev–Trinajstić information content (AvgIpc) is 2.41. The summed E-state index contributed by atoms with van der Waals surface area (Å²) in [5.74, 6) is 0.170. The molecule has 0 unspecified atom stereocenters. The van der Waals surface area contributed by atoms with Gasteiger partial charge in [0.15, 0.2) is 5.82 Å². The molecule has 7 heteroatoms. The minimum atomic E-state index is -0.597. The smallest absolute Gasteiger partial charge is 0.252 e. The highest BCUT2D eigenvalue weighted by atomic mass is 35.5. The molecule has 1 heterocycles. The van der Waals surface area contributed by atoms with Crippen molar-refractivity contribution in [2.24, 2.45) is 5.73 Å². The zero-order valence-electron chi connectivity index (χ0n) is 10.4. The van der Waals surface area contributed by atoms with Crippen LogP contribution in [0, 0.1) is 0 Å². The van der Waals surface area contributed by atoms with E-state index in [1.807, 2.05) is 0 Å². The lowest BCUT2D eigenvalue weighted by Gasteiger charge is -2.28. The number of rotatable bonds is 4.